The quantitative estimate of drug-likeness (QED) is 0.429. The van der Waals surface area contributed by atoms with Gasteiger partial charge < -0.3 is 24.0 Å². The lowest BCUT2D eigenvalue weighted by Crippen LogP contribution is -2.48. The molecule has 4 rings (SSSR count). The number of hydrogen-bond donors (Lipinski definition) is 0. The normalized spacial score (nSPS) is 13.7. The number of amides is 1. The Balaban J connectivity index is 1.43. The summed E-state index contributed by atoms with van der Waals surface area (Å²) in [5, 5.41) is 0. The molecule has 1 aromatic heterocycles. The maximum Gasteiger partial charge on any atom is 0.246 e. The molecule has 36 heavy (non-hydrogen) atoms. The van der Waals surface area contributed by atoms with Crippen LogP contribution in [0.5, 0.6) is 17.2 Å². The van der Waals surface area contributed by atoms with Gasteiger partial charge in [-0.3, -0.25) is 9.78 Å². The number of ether oxygens (including phenoxy) is 3. The molecule has 188 valence electrons. The van der Waals surface area contributed by atoms with Crippen molar-refractivity contribution in [3.63, 3.8) is 0 Å². The largest absolute Gasteiger partial charge is 0.493 e. The Bertz CT molecular complexity index is 1210. The van der Waals surface area contributed by atoms with Gasteiger partial charge >= 0.3 is 0 Å². The van der Waals surface area contributed by atoms with Crippen LogP contribution in [-0.2, 0) is 11.2 Å². The molecule has 1 fully saturated rings. The van der Waals surface area contributed by atoms with Gasteiger partial charge in [-0.05, 0) is 47.9 Å². The Kier molecular flexibility index (Phi) is 8.10. The second-order valence-electron chi connectivity index (χ2n) is 8.56. The molecule has 3 aromatic rings. The van der Waals surface area contributed by atoms with Crippen LogP contribution in [0.25, 0.3) is 17.3 Å². The minimum atomic E-state index is 0.0457. The number of aromatic nitrogens is 1. The number of anilines is 1. The van der Waals surface area contributed by atoms with E-state index in [1.54, 1.807) is 33.6 Å². The molecule has 1 aliphatic rings. The van der Waals surface area contributed by atoms with Crippen molar-refractivity contribution in [2.24, 2.45) is 0 Å². The predicted octanol–water partition coefficient (Wildman–Crippen LogP) is 4.70. The summed E-state index contributed by atoms with van der Waals surface area (Å²) >= 11 is 0. The zero-order valence-corrected chi connectivity index (χ0v) is 21.4. The lowest BCUT2D eigenvalue weighted by molar-refractivity contribution is -0.126. The van der Waals surface area contributed by atoms with Crippen molar-refractivity contribution in [1.82, 2.24) is 9.88 Å². The number of pyridine rings is 1. The van der Waals surface area contributed by atoms with E-state index in [0.29, 0.717) is 30.3 Å². The zero-order valence-electron chi connectivity index (χ0n) is 21.4. The first kappa shape index (κ1) is 25.1. The van der Waals surface area contributed by atoms with Crippen LogP contribution in [0.2, 0.25) is 0 Å². The molecule has 0 saturated carbocycles. The molecule has 0 spiro atoms. The SMILES string of the molecule is CCc1cccc(C=CC(=O)N2CCN(c3ccnc(-c4cc(OC)c(OC)c(OC)c4)c3)CC2)c1. The first-order valence-corrected chi connectivity index (χ1v) is 12.1. The molecule has 2 heterocycles. The summed E-state index contributed by atoms with van der Waals surface area (Å²) in [5.41, 5.74) is 5.06. The molecule has 0 unspecified atom stereocenters. The summed E-state index contributed by atoms with van der Waals surface area (Å²) in [4.78, 5) is 21.5. The molecule has 1 aliphatic heterocycles. The monoisotopic (exact) mass is 487 g/mol. The van der Waals surface area contributed by atoms with E-state index >= 15 is 0 Å². The number of piperazine rings is 1. The summed E-state index contributed by atoms with van der Waals surface area (Å²) in [6.45, 7) is 4.97. The van der Waals surface area contributed by atoms with Gasteiger partial charge in [0.25, 0.3) is 0 Å². The standard InChI is InChI=1S/C29H33N3O4/c1-5-21-7-6-8-22(17-21)9-10-28(33)32-15-13-31(14-16-32)24-11-12-30-25(20-24)23-18-26(34-2)29(36-4)27(19-23)35-3/h6-12,17-20H,5,13-16H2,1-4H3. The highest BCUT2D eigenvalue weighted by atomic mass is 16.5. The van der Waals surface area contributed by atoms with Gasteiger partial charge in [-0.2, -0.15) is 0 Å². The topological polar surface area (TPSA) is 64.1 Å². The van der Waals surface area contributed by atoms with Crippen LogP contribution >= 0.6 is 0 Å². The Morgan fingerprint density at radius 1 is 0.944 bits per heavy atom. The van der Waals surface area contributed by atoms with Gasteiger partial charge in [-0.25, -0.2) is 0 Å². The van der Waals surface area contributed by atoms with Crippen LogP contribution < -0.4 is 19.1 Å². The second kappa shape index (κ2) is 11.6. The molecule has 2 aromatic carbocycles. The third-order valence-electron chi connectivity index (χ3n) is 6.44. The highest BCUT2D eigenvalue weighted by molar-refractivity contribution is 5.92. The number of hydrogen-bond acceptors (Lipinski definition) is 6. The summed E-state index contributed by atoms with van der Waals surface area (Å²) in [6, 6.07) is 16.1. The van der Waals surface area contributed by atoms with E-state index in [-0.39, 0.29) is 5.91 Å². The average Bonchev–Trinajstić information content (AvgIpc) is 2.95. The van der Waals surface area contributed by atoms with Gasteiger partial charge in [0.2, 0.25) is 11.7 Å². The van der Waals surface area contributed by atoms with Gasteiger partial charge in [0.15, 0.2) is 11.5 Å². The van der Waals surface area contributed by atoms with E-state index in [1.165, 1.54) is 5.56 Å². The third kappa shape index (κ3) is 5.62. The van der Waals surface area contributed by atoms with Crippen LogP contribution in [0, 0.1) is 0 Å². The van der Waals surface area contributed by atoms with Gasteiger partial charge in [0.05, 0.1) is 27.0 Å². The summed E-state index contributed by atoms with van der Waals surface area (Å²) in [7, 11) is 4.79. The second-order valence-corrected chi connectivity index (χ2v) is 8.56. The number of benzene rings is 2. The van der Waals surface area contributed by atoms with Gasteiger partial charge in [-0.15, -0.1) is 0 Å². The van der Waals surface area contributed by atoms with Crippen molar-refractivity contribution in [1.29, 1.82) is 0 Å². The molecule has 1 amide bonds. The lowest BCUT2D eigenvalue weighted by atomic mass is 10.1. The number of carbonyl (C=O) groups excluding carboxylic acids is 1. The molecule has 0 bridgehead atoms. The fourth-order valence-electron chi connectivity index (χ4n) is 4.38. The molecular formula is C29H33N3O4. The fourth-order valence-corrected chi connectivity index (χ4v) is 4.38. The summed E-state index contributed by atoms with van der Waals surface area (Å²) in [6.07, 6.45) is 6.37. The molecule has 0 aliphatic carbocycles. The molecule has 1 saturated heterocycles. The minimum absolute atomic E-state index is 0.0457. The zero-order chi connectivity index (χ0) is 25.5. The molecule has 0 radical (unpaired) electrons. The number of aryl methyl sites for hydroxylation is 1. The van der Waals surface area contributed by atoms with Gasteiger partial charge in [0, 0.05) is 49.7 Å². The Labute approximate surface area is 212 Å². The van der Waals surface area contributed by atoms with Crippen molar-refractivity contribution in [3.05, 3.63) is 71.9 Å². The smallest absolute Gasteiger partial charge is 0.246 e. The van der Waals surface area contributed by atoms with Crippen molar-refractivity contribution in [2.75, 3.05) is 52.4 Å². The number of carbonyl (C=O) groups is 1. The molecule has 0 N–H and O–H groups in total. The predicted molar refractivity (Wildman–Crippen MR) is 143 cm³/mol. The maximum absolute atomic E-state index is 12.8. The minimum Gasteiger partial charge on any atom is -0.493 e. The third-order valence-corrected chi connectivity index (χ3v) is 6.44. The molecule has 0 atom stereocenters. The van der Waals surface area contributed by atoms with Crippen molar-refractivity contribution < 1.29 is 19.0 Å². The first-order chi connectivity index (χ1) is 17.6. The Hall–Kier alpha value is -4.00. The number of rotatable bonds is 8. The maximum atomic E-state index is 12.8. The van der Waals surface area contributed by atoms with Crippen LogP contribution in [0.4, 0.5) is 5.69 Å². The highest BCUT2D eigenvalue weighted by Gasteiger charge is 2.21. The van der Waals surface area contributed by atoms with E-state index in [1.807, 2.05) is 41.3 Å². The Morgan fingerprint density at radius 2 is 1.67 bits per heavy atom. The first-order valence-electron chi connectivity index (χ1n) is 12.1. The average molecular weight is 488 g/mol. The van der Waals surface area contributed by atoms with Gasteiger partial charge in [-0.1, -0.05) is 31.2 Å². The van der Waals surface area contributed by atoms with Crippen molar-refractivity contribution >= 4 is 17.7 Å². The van der Waals surface area contributed by atoms with Crippen LogP contribution in [0.1, 0.15) is 18.1 Å². The number of nitrogens with zero attached hydrogens (tertiary/aromatic N) is 3. The highest BCUT2D eigenvalue weighted by Crippen LogP contribution is 2.41. The van der Waals surface area contributed by atoms with Crippen molar-refractivity contribution in [3.8, 4) is 28.5 Å². The van der Waals surface area contributed by atoms with E-state index < -0.39 is 0 Å². The molecule has 7 nitrogen and oxygen atoms in total. The summed E-state index contributed by atoms with van der Waals surface area (Å²) < 4.78 is 16.4. The van der Waals surface area contributed by atoms with Crippen LogP contribution in [0.15, 0.2) is 60.8 Å². The van der Waals surface area contributed by atoms with Crippen LogP contribution in [-0.4, -0.2) is 63.3 Å². The Morgan fingerprint density at radius 3 is 2.31 bits per heavy atom. The lowest BCUT2D eigenvalue weighted by Gasteiger charge is -2.35. The van der Waals surface area contributed by atoms with E-state index in [2.05, 4.69) is 35.0 Å². The van der Waals surface area contributed by atoms with Gasteiger partial charge in [0.1, 0.15) is 0 Å². The number of methoxy groups -OCH3 is 3. The van der Waals surface area contributed by atoms with E-state index in [0.717, 1.165) is 42.0 Å². The van der Waals surface area contributed by atoms with E-state index in [9.17, 15) is 4.79 Å². The fraction of sp³-hybridized carbons (Fsp3) is 0.310. The molecular weight excluding hydrogens is 454 g/mol. The van der Waals surface area contributed by atoms with E-state index in [4.69, 9.17) is 14.2 Å². The molecule has 7 heteroatoms. The van der Waals surface area contributed by atoms with Crippen LogP contribution in [0.3, 0.4) is 0 Å². The summed E-state index contributed by atoms with van der Waals surface area (Å²) in [5.74, 6) is 1.76. The van der Waals surface area contributed by atoms with Crippen molar-refractivity contribution in [2.45, 2.75) is 13.3 Å².